The number of benzene rings is 1. The first-order valence-corrected chi connectivity index (χ1v) is 6.00. The Morgan fingerprint density at radius 3 is 2.50 bits per heavy atom. The van der Waals surface area contributed by atoms with E-state index >= 15 is 0 Å². The van der Waals surface area contributed by atoms with E-state index in [2.05, 4.69) is 19.2 Å². The molecule has 0 saturated carbocycles. The van der Waals surface area contributed by atoms with Crippen LogP contribution in [0, 0.1) is 5.92 Å². The molecule has 1 N–H and O–H groups in total. The number of thiocarbonyl (C=S) groups is 1. The molecule has 0 aliphatic rings. The van der Waals surface area contributed by atoms with Crippen LogP contribution in [0.2, 0.25) is 0 Å². The minimum atomic E-state index is 0.637. The quantitative estimate of drug-likeness (QED) is 0.785. The van der Waals surface area contributed by atoms with Crippen molar-refractivity contribution < 1.29 is 4.74 Å². The van der Waals surface area contributed by atoms with Crippen molar-refractivity contribution in [2.75, 3.05) is 12.4 Å². The molecule has 0 amide bonds. The SMILES string of the molecule is CC[C@@H](C)CC(=S)Nc1ccc(OC)cc1. The van der Waals surface area contributed by atoms with E-state index in [4.69, 9.17) is 17.0 Å². The fourth-order valence-electron chi connectivity index (χ4n) is 1.35. The molecule has 0 aliphatic heterocycles. The second kappa shape index (κ2) is 6.48. The first-order valence-electron chi connectivity index (χ1n) is 5.59. The van der Waals surface area contributed by atoms with Crippen LogP contribution in [-0.4, -0.2) is 12.1 Å². The number of methoxy groups -OCH3 is 1. The van der Waals surface area contributed by atoms with Gasteiger partial charge in [0.1, 0.15) is 5.75 Å². The number of ether oxygens (including phenoxy) is 1. The molecule has 88 valence electrons. The van der Waals surface area contributed by atoms with Crippen molar-refractivity contribution in [3.8, 4) is 5.75 Å². The number of nitrogens with one attached hydrogen (secondary N) is 1. The predicted molar refractivity (Wildman–Crippen MR) is 73.3 cm³/mol. The fraction of sp³-hybridized carbons (Fsp3) is 0.462. The van der Waals surface area contributed by atoms with Crippen LogP contribution in [0.15, 0.2) is 24.3 Å². The monoisotopic (exact) mass is 237 g/mol. The van der Waals surface area contributed by atoms with Gasteiger partial charge in [-0.2, -0.15) is 0 Å². The predicted octanol–water partition coefficient (Wildman–Crippen LogP) is 3.87. The second-order valence-electron chi connectivity index (χ2n) is 3.99. The highest BCUT2D eigenvalue weighted by Crippen LogP contribution is 2.16. The van der Waals surface area contributed by atoms with Crippen molar-refractivity contribution >= 4 is 22.9 Å². The summed E-state index contributed by atoms with van der Waals surface area (Å²) in [5.41, 5.74) is 1.02. The third-order valence-electron chi connectivity index (χ3n) is 2.60. The molecule has 1 aromatic carbocycles. The Labute approximate surface area is 103 Å². The zero-order chi connectivity index (χ0) is 12.0. The van der Waals surface area contributed by atoms with E-state index in [0.717, 1.165) is 29.3 Å². The van der Waals surface area contributed by atoms with E-state index in [0.29, 0.717) is 5.92 Å². The average Bonchev–Trinajstić information content (AvgIpc) is 2.29. The summed E-state index contributed by atoms with van der Waals surface area (Å²) < 4.78 is 5.10. The first-order chi connectivity index (χ1) is 7.65. The van der Waals surface area contributed by atoms with Gasteiger partial charge in [-0.15, -0.1) is 0 Å². The van der Waals surface area contributed by atoms with Gasteiger partial charge in [0.25, 0.3) is 0 Å². The van der Waals surface area contributed by atoms with Crippen molar-refractivity contribution in [3.05, 3.63) is 24.3 Å². The summed E-state index contributed by atoms with van der Waals surface area (Å²) in [5, 5.41) is 3.23. The summed E-state index contributed by atoms with van der Waals surface area (Å²) in [4.78, 5) is 0.902. The maximum atomic E-state index is 5.30. The van der Waals surface area contributed by atoms with Crippen molar-refractivity contribution in [2.45, 2.75) is 26.7 Å². The van der Waals surface area contributed by atoms with Crippen LogP contribution < -0.4 is 10.1 Å². The van der Waals surface area contributed by atoms with Crippen LogP contribution in [0.25, 0.3) is 0 Å². The Kier molecular flexibility index (Phi) is 5.26. The Balaban J connectivity index is 2.49. The Bertz CT molecular complexity index is 334. The smallest absolute Gasteiger partial charge is 0.119 e. The second-order valence-corrected chi connectivity index (χ2v) is 4.49. The van der Waals surface area contributed by atoms with Gasteiger partial charge in [0, 0.05) is 12.1 Å². The molecule has 0 radical (unpaired) electrons. The molecule has 1 rings (SSSR count). The molecular formula is C13H19NOS. The van der Waals surface area contributed by atoms with Crippen LogP contribution in [0.5, 0.6) is 5.75 Å². The molecule has 1 atom stereocenters. The third-order valence-corrected chi connectivity index (χ3v) is 2.87. The van der Waals surface area contributed by atoms with E-state index in [1.54, 1.807) is 7.11 Å². The lowest BCUT2D eigenvalue weighted by molar-refractivity contribution is 0.415. The maximum Gasteiger partial charge on any atom is 0.119 e. The van der Waals surface area contributed by atoms with Gasteiger partial charge in [-0.25, -0.2) is 0 Å². The molecule has 0 aliphatic carbocycles. The van der Waals surface area contributed by atoms with Gasteiger partial charge in [-0.1, -0.05) is 32.5 Å². The highest BCUT2D eigenvalue weighted by atomic mass is 32.1. The van der Waals surface area contributed by atoms with Gasteiger partial charge in [0.15, 0.2) is 0 Å². The molecule has 0 fully saturated rings. The lowest BCUT2D eigenvalue weighted by Gasteiger charge is -2.12. The number of rotatable bonds is 5. The van der Waals surface area contributed by atoms with E-state index in [1.807, 2.05) is 24.3 Å². The minimum Gasteiger partial charge on any atom is -0.497 e. The van der Waals surface area contributed by atoms with Crippen LogP contribution in [0.1, 0.15) is 26.7 Å². The highest BCUT2D eigenvalue weighted by Gasteiger charge is 2.04. The molecular weight excluding hydrogens is 218 g/mol. The zero-order valence-corrected chi connectivity index (χ0v) is 10.9. The van der Waals surface area contributed by atoms with E-state index in [1.165, 1.54) is 0 Å². The van der Waals surface area contributed by atoms with Crippen LogP contribution in [0.3, 0.4) is 0 Å². The van der Waals surface area contributed by atoms with Crippen molar-refractivity contribution in [3.63, 3.8) is 0 Å². The lowest BCUT2D eigenvalue weighted by Crippen LogP contribution is -2.12. The molecule has 0 heterocycles. The summed E-state index contributed by atoms with van der Waals surface area (Å²) in [6, 6.07) is 7.80. The molecule has 16 heavy (non-hydrogen) atoms. The molecule has 2 nitrogen and oxygen atoms in total. The normalized spacial score (nSPS) is 11.9. The molecule has 1 aromatic rings. The van der Waals surface area contributed by atoms with E-state index in [-0.39, 0.29) is 0 Å². The minimum absolute atomic E-state index is 0.637. The van der Waals surface area contributed by atoms with Gasteiger partial charge in [-0.3, -0.25) is 0 Å². The average molecular weight is 237 g/mol. The van der Waals surface area contributed by atoms with Crippen molar-refractivity contribution in [2.24, 2.45) is 5.92 Å². The Morgan fingerprint density at radius 1 is 1.38 bits per heavy atom. The zero-order valence-electron chi connectivity index (χ0n) is 10.1. The van der Waals surface area contributed by atoms with Crippen LogP contribution in [-0.2, 0) is 0 Å². The molecule has 0 bridgehead atoms. The number of hydrogen-bond acceptors (Lipinski definition) is 2. The summed E-state index contributed by atoms with van der Waals surface area (Å²) in [6.07, 6.45) is 2.10. The van der Waals surface area contributed by atoms with Crippen LogP contribution in [0.4, 0.5) is 5.69 Å². The third kappa shape index (κ3) is 4.19. The van der Waals surface area contributed by atoms with E-state index < -0.39 is 0 Å². The highest BCUT2D eigenvalue weighted by molar-refractivity contribution is 7.80. The van der Waals surface area contributed by atoms with Gasteiger partial charge in [0.05, 0.1) is 12.1 Å². The number of anilines is 1. The standard InChI is InChI=1S/C13H19NOS/c1-4-10(2)9-13(16)14-11-5-7-12(15-3)8-6-11/h5-8,10H,4,9H2,1-3H3,(H,14,16)/t10-/m1/s1. The van der Waals surface area contributed by atoms with Crippen molar-refractivity contribution in [1.29, 1.82) is 0 Å². The molecule has 0 aromatic heterocycles. The Morgan fingerprint density at radius 2 is 2.00 bits per heavy atom. The largest absolute Gasteiger partial charge is 0.497 e. The molecule has 0 spiro atoms. The first kappa shape index (κ1) is 13.0. The number of hydrogen-bond donors (Lipinski definition) is 1. The maximum absolute atomic E-state index is 5.30. The van der Waals surface area contributed by atoms with Crippen LogP contribution >= 0.6 is 12.2 Å². The van der Waals surface area contributed by atoms with Gasteiger partial charge >= 0.3 is 0 Å². The molecule has 0 unspecified atom stereocenters. The van der Waals surface area contributed by atoms with E-state index in [9.17, 15) is 0 Å². The molecule has 3 heteroatoms. The summed E-state index contributed by atoms with van der Waals surface area (Å²) in [6.45, 7) is 4.39. The van der Waals surface area contributed by atoms with Crippen molar-refractivity contribution in [1.82, 2.24) is 0 Å². The van der Waals surface area contributed by atoms with Gasteiger partial charge in [0.2, 0.25) is 0 Å². The summed E-state index contributed by atoms with van der Waals surface area (Å²) >= 11 is 5.30. The summed E-state index contributed by atoms with van der Waals surface area (Å²) in [7, 11) is 1.66. The van der Waals surface area contributed by atoms with Gasteiger partial charge < -0.3 is 10.1 Å². The lowest BCUT2D eigenvalue weighted by atomic mass is 10.1. The fourth-order valence-corrected chi connectivity index (χ4v) is 1.75. The topological polar surface area (TPSA) is 21.3 Å². The van der Waals surface area contributed by atoms with Gasteiger partial charge in [-0.05, 0) is 30.2 Å². The Hall–Kier alpha value is -1.09. The molecule has 0 saturated heterocycles. The summed E-state index contributed by atoms with van der Waals surface area (Å²) in [5.74, 6) is 1.50.